The predicted octanol–water partition coefficient (Wildman–Crippen LogP) is 5.11. The Morgan fingerprint density at radius 3 is 2.72 bits per heavy atom. The number of aromatic nitrogens is 3. The molecule has 2 aromatic carbocycles. The minimum atomic E-state index is -3.38. The van der Waals surface area contributed by atoms with E-state index < -0.39 is 21.3 Å². The second kappa shape index (κ2) is 11.1. The van der Waals surface area contributed by atoms with E-state index in [1.807, 2.05) is 30.3 Å². The Balaban J connectivity index is 1.46. The summed E-state index contributed by atoms with van der Waals surface area (Å²) in [5, 5.41) is 4.42. The number of benzene rings is 2. The van der Waals surface area contributed by atoms with Gasteiger partial charge in [0.25, 0.3) is 0 Å². The molecule has 2 heterocycles. The van der Waals surface area contributed by atoms with Gasteiger partial charge in [0.15, 0.2) is 0 Å². The third kappa shape index (κ3) is 6.34. The van der Waals surface area contributed by atoms with Crippen molar-refractivity contribution in [2.45, 2.75) is 49.6 Å². The number of hydrogen-bond donors (Lipinski definition) is 1. The average Bonchev–Trinajstić information content (AvgIpc) is 3.63. The average molecular weight is 573 g/mol. The van der Waals surface area contributed by atoms with Crippen molar-refractivity contribution in [3.63, 3.8) is 0 Å². The molecule has 8 nitrogen and oxygen atoms in total. The maximum Gasteiger partial charge on any atom is 0.241 e. The van der Waals surface area contributed by atoms with Crippen LogP contribution in [0.25, 0.3) is 11.1 Å². The second-order valence-corrected chi connectivity index (χ2v) is 12.2. The molecule has 1 fully saturated rings. The lowest BCUT2D eigenvalue weighted by atomic mass is 9.79. The molecule has 0 bridgehead atoms. The maximum atomic E-state index is 15.2. The molecule has 1 aliphatic rings. The van der Waals surface area contributed by atoms with E-state index in [1.54, 1.807) is 30.1 Å². The van der Waals surface area contributed by atoms with Crippen molar-refractivity contribution >= 4 is 21.6 Å². The summed E-state index contributed by atoms with van der Waals surface area (Å²) >= 11 is 5.98. The molecule has 2 atom stereocenters. The molecule has 0 unspecified atom stereocenters. The highest BCUT2D eigenvalue weighted by molar-refractivity contribution is 7.88. The molecule has 0 amide bonds. The molecule has 39 heavy (non-hydrogen) atoms. The number of rotatable bonds is 10. The number of oxazole rings is 1. The lowest BCUT2D eigenvalue weighted by molar-refractivity contribution is 0.292. The molecule has 2 aromatic heterocycles. The summed E-state index contributed by atoms with van der Waals surface area (Å²) in [5.41, 5.74) is 2.78. The number of alkyl halides is 1. The molecule has 0 spiro atoms. The highest BCUT2D eigenvalue weighted by Crippen LogP contribution is 2.44. The van der Waals surface area contributed by atoms with Crippen LogP contribution in [-0.2, 0) is 41.4 Å². The van der Waals surface area contributed by atoms with Gasteiger partial charge in [-0.05, 0) is 48.9 Å². The maximum absolute atomic E-state index is 15.2. The molecule has 5 rings (SSSR count). The SMILES string of the molecule is Cn1cc(-c2cc(C[C@]3(c4nc(CCl)co4)CC[C@H](NS(C)(=O)=O)C3)ccc2F)c(OCc2ccccc2)n1. The van der Waals surface area contributed by atoms with Gasteiger partial charge in [-0.2, -0.15) is 0 Å². The molecular weight excluding hydrogens is 543 g/mol. The van der Waals surface area contributed by atoms with Gasteiger partial charge in [-0.1, -0.05) is 36.4 Å². The van der Waals surface area contributed by atoms with Gasteiger partial charge in [0.05, 0.1) is 28.8 Å². The fourth-order valence-electron chi connectivity index (χ4n) is 5.34. The van der Waals surface area contributed by atoms with Crippen molar-refractivity contribution in [2.24, 2.45) is 7.05 Å². The van der Waals surface area contributed by atoms with Gasteiger partial charge in [0.2, 0.25) is 21.8 Å². The van der Waals surface area contributed by atoms with E-state index in [0.717, 1.165) is 17.4 Å². The van der Waals surface area contributed by atoms with Crippen LogP contribution in [-0.4, -0.2) is 35.5 Å². The Labute approximate surface area is 232 Å². The molecule has 1 saturated carbocycles. The monoisotopic (exact) mass is 572 g/mol. The normalized spacial score (nSPS) is 19.4. The van der Waals surface area contributed by atoms with Gasteiger partial charge in [-0.15, -0.1) is 16.7 Å². The van der Waals surface area contributed by atoms with Gasteiger partial charge in [-0.3, -0.25) is 4.68 Å². The van der Waals surface area contributed by atoms with Crippen LogP contribution in [0.2, 0.25) is 0 Å². The van der Waals surface area contributed by atoms with Crippen LogP contribution in [0.3, 0.4) is 0 Å². The zero-order valence-electron chi connectivity index (χ0n) is 21.7. The summed E-state index contributed by atoms with van der Waals surface area (Å²) in [6.07, 6.45) is 6.66. The Morgan fingerprint density at radius 1 is 1.21 bits per heavy atom. The molecule has 1 N–H and O–H groups in total. The number of ether oxygens (including phenoxy) is 1. The summed E-state index contributed by atoms with van der Waals surface area (Å²) in [6.45, 7) is 0.303. The first-order valence-corrected chi connectivity index (χ1v) is 15.0. The number of halogens is 2. The van der Waals surface area contributed by atoms with Gasteiger partial charge < -0.3 is 9.15 Å². The van der Waals surface area contributed by atoms with Crippen molar-refractivity contribution in [1.82, 2.24) is 19.5 Å². The molecule has 11 heteroatoms. The predicted molar refractivity (Wildman–Crippen MR) is 146 cm³/mol. The van der Waals surface area contributed by atoms with Crippen molar-refractivity contribution in [3.05, 3.63) is 89.5 Å². The quantitative estimate of drug-likeness (QED) is 0.265. The number of hydrogen-bond acceptors (Lipinski definition) is 6. The lowest BCUT2D eigenvalue weighted by Gasteiger charge is -2.26. The highest BCUT2D eigenvalue weighted by atomic mass is 35.5. The number of nitrogens with zero attached hydrogens (tertiary/aromatic N) is 3. The number of nitrogens with one attached hydrogen (secondary N) is 1. The Kier molecular flexibility index (Phi) is 7.80. The van der Waals surface area contributed by atoms with Gasteiger partial charge in [0, 0.05) is 24.8 Å². The first-order valence-electron chi connectivity index (χ1n) is 12.6. The van der Waals surface area contributed by atoms with E-state index in [9.17, 15) is 8.42 Å². The number of aryl methyl sites for hydroxylation is 1. The van der Waals surface area contributed by atoms with Crippen LogP contribution in [0.15, 0.2) is 65.4 Å². The molecular formula is C28H30ClFN4O4S. The molecule has 0 saturated heterocycles. The van der Waals surface area contributed by atoms with E-state index in [1.165, 1.54) is 12.3 Å². The van der Waals surface area contributed by atoms with E-state index in [-0.39, 0.29) is 11.9 Å². The van der Waals surface area contributed by atoms with Crippen LogP contribution in [0.5, 0.6) is 5.88 Å². The van der Waals surface area contributed by atoms with Crippen molar-refractivity contribution in [2.75, 3.05) is 6.26 Å². The molecule has 0 aliphatic heterocycles. The zero-order valence-corrected chi connectivity index (χ0v) is 23.3. The van der Waals surface area contributed by atoms with Crippen LogP contribution in [0, 0.1) is 5.82 Å². The van der Waals surface area contributed by atoms with Gasteiger partial charge in [-0.25, -0.2) is 22.5 Å². The summed E-state index contributed by atoms with van der Waals surface area (Å²) in [4.78, 5) is 4.60. The zero-order chi connectivity index (χ0) is 27.6. The van der Waals surface area contributed by atoms with E-state index in [0.29, 0.717) is 60.9 Å². The third-order valence-corrected chi connectivity index (χ3v) is 8.04. The summed E-state index contributed by atoms with van der Waals surface area (Å²) < 4.78 is 55.2. The van der Waals surface area contributed by atoms with E-state index >= 15 is 4.39 Å². The van der Waals surface area contributed by atoms with Crippen molar-refractivity contribution < 1.29 is 22.0 Å². The van der Waals surface area contributed by atoms with Crippen LogP contribution < -0.4 is 9.46 Å². The fraction of sp³-hybridized carbons (Fsp3) is 0.357. The summed E-state index contributed by atoms with van der Waals surface area (Å²) in [7, 11) is -1.62. The summed E-state index contributed by atoms with van der Waals surface area (Å²) in [6, 6.07) is 14.4. The molecule has 206 valence electrons. The highest BCUT2D eigenvalue weighted by Gasteiger charge is 2.45. The Morgan fingerprint density at radius 2 is 2.00 bits per heavy atom. The number of sulfonamides is 1. The molecule has 4 aromatic rings. The topological polar surface area (TPSA) is 99.2 Å². The first kappa shape index (κ1) is 27.4. The largest absolute Gasteiger partial charge is 0.471 e. The smallest absolute Gasteiger partial charge is 0.241 e. The van der Waals surface area contributed by atoms with Gasteiger partial charge >= 0.3 is 0 Å². The van der Waals surface area contributed by atoms with Crippen molar-refractivity contribution in [3.8, 4) is 17.0 Å². The standard InChI is InChI=1S/C28H30ClFN4O4S/c1-34-16-24(26(32-34)37-17-19-6-4-3-5-7-19)23-12-20(8-9-25(23)30)13-28(27-31-22(15-29)18-38-27)11-10-21(14-28)33-39(2,35)36/h3-9,12,16,18,21,33H,10-11,13-15,17H2,1-2H3/t21-,28+/m0/s1. The minimum absolute atomic E-state index is 0.206. The lowest BCUT2D eigenvalue weighted by Crippen LogP contribution is -2.35. The molecule has 0 radical (unpaired) electrons. The summed E-state index contributed by atoms with van der Waals surface area (Å²) in [5.74, 6) is 0.659. The second-order valence-electron chi connectivity index (χ2n) is 10.2. The first-order chi connectivity index (χ1) is 18.6. The Hall–Kier alpha value is -3.21. The van der Waals surface area contributed by atoms with E-state index in [4.69, 9.17) is 20.8 Å². The van der Waals surface area contributed by atoms with Crippen LogP contribution in [0.1, 0.15) is 42.0 Å². The van der Waals surface area contributed by atoms with Crippen LogP contribution in [0.4, 0.5) is 4.39 Å². The fourth-order valence-corrected chi connectivity index (χ4v) is 6.27. The third-order valence-electron chi connectivity index (χ3n) is 7.01. The van der Waals surface area contributed by atoms with E-state index in [2.05, 4.69) is 14.8 Å². The van der Waals surface area contributed by atoms with Gasteiger partial charge in [0.1, 0.15) is 18.7 Å². The van der Waals surface area contributed by atoms with Crippen LogP contribution >= 0.6 is 11.6 Å². The Bertz CT molecular complexity index is 1560. The van der Waals surface area contributed by atoms with Crippen molar-refractivity contribution in [1.29, 1.82) is 0 Å². The molecule has 1 aliphatic carbocycles. The minimum Gasteiger partial charge on any atom is -0.471 e.